The molecule has 0 aromatic rings. The van der Waals surface area contributed by atoms with E-state index in [4.69, 9.17) is 4.74 Å². The third-order valence-corrected chi connectivity index (χ3v) is 4.33. The molecule has 0 fully saturated rings. The van der Waals surface area contributed by atoms with Crippen LogP contribution in [0.5, 0.6) is 0 Å². The number of nitrogens with zero attached hydrogens (tertiary/aromatic N) is 1. The summed E-state index contributed by atoms with van der Waals surface area (Å²) in [7, 11) is 1.40. The van der Waals surface area contributed by atoms with Gasteiger partial charge in [-0.05, 0) is 53.4 Å². The average Bonchev–Trinajstić information content (AvgIpc) is 2.62. The Morgan fingerprint density at radius 2 is 1.64 bits per heavy atom. The number of hydrogen-bond donors (Lipinski definition) is 3. The lowest BCUT2D eigenvalue weighted by Gasteiger charge is -2.32. The van der Waals surface area contributed by atoms with Crippen molar-refractivity contribution in [2.45, 2.75) is 84.8 Å². The first-order valence-corrected chi connectivity index (χ1v) is 10.2. The molecule has 0 unspecified atom stereocenters. The molecule has 0 spiro atoms. The van der Waals surface area contributed by atoms with Gasteiger partial charge in [0.25, 0.3) is 0 Å². The molecule has 28 heavy (non-hydrogen) atoms. The summed E-state index contributed by atoms with van der Waals surface area (Å²) in [4.78, 5) is 28.0. The molecule has 0 aliphatic rings. The van der Waals surface area contributed by atoms with Crippen molar-refractivity contribution < 1.29 is 19.1 Å². The van der Waals surface area contributed by atoms with E-state index >= 15 is 0 Å². The number of alkyl carbamates (subject to hydrolysis) is 1. The number of rotatable bonds is 11. The standard InChI is InChI=1S/C20H40N4O4/c1-8-20(9-2,24-18(26)28-19(4,5)6)15-23-17(21-10-3)22-14-12-11-13-16(25)27-7/h8-15H2,1-7H3,(H,24,26)(H2,21,22,23). The van der Waals surface area contributed by atoms with Gasteiger partial charge in [0.1, 0.15) is 5.60 Å². The SMILES string of the molecule is CCNC(=NCC(CC)(CC)NC(=O)OC(C)(C)C)NCCCCC(=O)OC. The van der Waals surface area contributed by atoms with Crippen LogP contribution in [0, 0.1) is 0 Å². The summed E-state index contributed by atoms with van der Waals surface area (Å²) in [6, 6.07) is 0. The maximum absolute atomic E-state index is 12.2. The molecule has 0 heterocycles. The summed E-state index contributed by atoms with van der Waals surface area (Å²) >= 11 is 0. The molecule has 0 aromatic carbocycles. The molecule has 0 saturated carbocycles. The maximum atomic E-state index is 12.2. The molecule has 0 aromatic heterocycles. The van der Waals surface area contributed by atoms with Crippen molar-refractivity contribution in [1.29, 1.82) is 0 Å². The highest BCUT2D eigenvalue weighted by Gasteiger charge is 2.30. The van der Waals surface area contributed by atoms with E-state index < -0.39 is 17.2 Å². The van der Waals surface area contributed by atoms with Gasteiger partial charge in [-0.2, -0.15) is 0 Å². The molecule has 0 saturated heterocycles. The van der Waals surface area contributed by atoms with Crippen LogP contribution in [0.3, 0.4) is 0 Å². The second-order valence-corrected chi connectivity index (χ2v) is 7.77. The minimum atomic E-state index is -0.540. The van der Waals surface area contributed by atoms with E-state index in [1.807, 2.05) is 41.5 Å². The zero-order chi connectivity index (χ0) is 21.6. The summed E-state index contributed by atoms with van der Waals surface area (Å²) in [6.07, 6.45) is 3.07. The van der Waals surface area contributed by atoms with Gasteiger partial charge in [0.05, 0.1) is 19.2 Å². The third kappa shape index (κ3) is 11.7. The number of ether oxygens (including phenoxy) is 2. The second kappa shape index (κ2) is 13.2. The lowest BCUT2D eigenvalue weighted by Crippen LogP contribution is -2.52. The third-order valence-electron chi connectivity index (χ3n) is 4.33. The van der Waals surface area contributed by atoms with Crippen LogP contribution in [0.2, 0.25) is 0 Å². The van der Waals surface area contributed by atoms with Crippen molar-refractivity contribution in [1.82, 2.24) is 16.0 Å². The van der Waals surface area contributed by atoms with E-state index in [0.717, 1.165) is 32.2 Å². The Balaban J connectivity index is 4.80. The highest BCUT2D eigenvalue weighted by molar-refractivity contribution is 5.79. The van der Waals surface area contributed by atoms with Gasteiger partial charge in [0.2, 0.25) is 0 Å². The molecule has 1 amide bonds. The summed E-state index contributed by atoms with van der Waals surface area (Å²) in [5.74, 6) is 0.502. The van der Waals surface area contributed by atoms with E-state index in [-0.39, 0.29) is 5.97 Å². The number of guanidine groups is 1. The number of hydrogen-bond acceptors (Lipinski definition) is 5. The Morgan fingerprint density at radius 3 is 2.14 bits per heavy atom. The molecular weight excluding hydrogens is 360 g/mol. The first-order chi connectivity index (χ1) is 13.1. The maximum Gasteiger partial charge on any atom is 0.408 e. The monoisotopic (exact) mass is 400 g/mol. The van der Waals surface area contributed by atoms with Gasteiger partial charge in [0, 0.05) is 19.5 Å². The first-order valence-electron chi connectivity index (χ1n) is 10.2. The Labute approximate surface area is 170 Å². The number of methoxy groups -OCH3 is 1. The fourth-order valence-electron chi connectivity index (χ4n) is 2.49. The van der Waals surface area contributed by atoms with Gasteiger partial charge >= 0.3 is 12.1 Å². The number of aliphatic imine (C=N–C) groups is 1. The van der Waals surface area contributed by atoms with Gasteiger partial charge < -0.3 is 25.4 Å². The molecule has 3 N–H and O–H groups in total. The summed E-state index contributed by atoms with van der Waals surface area (Å²) < 4.78 is 10.0. The lowest BCUT2D eigenvalue weighted by molar-refractivity contribution is -0.140. The molecule has 0 rings (SSSR count). The van der Waals surface area contributed by atoms with Crippen LogP contribution in [0.25, 0.3) is 0 Å². The van der Waals surface area contributed by atoms with Crippen molar-refractivity contribution >= 4 is 18.0 Å². The van der Waals surface area contributed by atoms with Gasteiger partial charge in [0.15, 0.2) is 5.96 Å². The molecule has 0 radical (unpaired) electrons. The molecule has 0 aliphatic heterocycles. The largest absolute Gasteiger partial charge is 0.469 e. The Hall–Kier alpha value is -1.99. The van der Waals surface area contributed by atoms with Gasteiger partial charge in [-0.3, -0.25) is 9.79 Å². The van der Waals surface area contributed by atoms with Crippen LogP contribution in [0.1, 0.15) is 73.6 Å². The fraction of sp³-hybridized carbons (Fsp3) is 0.850. The number of carbonyl (C=O) groups is 2. The van der Waals surface area contributed by atoms with E-state index in [1.165, 1.54) is 7.11 Å². The molecular formula is C20H40N4O4. The quantitative estimate of drug-likeness (QED) is 0.213. The van der Waals surface area contributed by atoms with E-state index in [0.29, 0.717) is 25.5 Å². The fourth-order valence-corrected chi connectivity index (χ4v) is 2.49. The smallest absolute Gasteiger partial charge is 0.408 e. The van der Waals surface area contributed by atoms with Crippen molar-refractivity contribution in [3.05, 3.63) is 0 Å². The van der Waals surface area contributed by atoms with E-state index in [1.54, 1.807) is 0 Å². The lowest BCUT2D eigenvalue weighted by atomic mass is 9.93. The summed E-state index contributed by atoms with van der Waals surface area (Å²) in [5.41, 5.74) is -1.00. The Bertz CT molecular complexity index is 497. The van der Waals surface area contributed by atoms with Gasteiger partial charge in [-0.15, -0.1) is 0 Å². The first kappa shape index (κ1) is 26.0. The summed E-state index contributed by atoms with van der Waals surface area (Å²) in [6.45, 7) is 13.5. The van der Waals surface area contributed by atoms with Crippen molar-refractivity contribution in [2.24, 2.45) is 4.99 Å². The number of carbonyl (C=O) groups excluding carboxylic acids is 2. The molecule has 0 atom stereocenters. The van der Waals surface area contributed by atoms with Crippen LogP contribution >= 0.6 is 0 Å². The van der Waals surface area contributed by atoms with Gasteiger partial charge in [-0.1, -0.05) is 13.8 Å². The average molecular weight is 401 g/mol. The molecule has 8 nitrogen and oxygen atoms in total. The van der Waals surface area contributed by atoms with E-state index in [2.05, 4.69) is 25.7 Å². The van der Waals surface area contributed by atoms with Gasteiger partial charge in [-0.25, -0.2) is 4.79 Å². The molecule has 0 bridgehead atoms. The normalized spacial score (nSPS) is 12.3. The molecule has 164 valence electrons. The highest BCUT2D eigenvalue weighted by atomic mass is 16.6. The van der Waals surface area contributed by atoms with E-state index in [9.17, 15) is 9.59 Å². The topological polar surface area (TPSA) is 101 Å². The Kier molecular flexibility index (Phi) is 12.3. The van der Waals surface area contributed by atoms with Crippen molar-refractivity contribution in [3.8, 4) is 0 Å². The number of nitrogens with one attached hydrogen (secondary N) is 3. The van der Waals surface area contributed by atoms with Crippen LogP contribution < -0.4 is 16.0 Å². The van der Waals surface area contributed by atoms with Crippen LogP contribution in [0.15, 0.2) is 4.99 Å². The predicted octanol–water partition coefficient (Wildman–Crippen LogP) is 2.97. The predicted molar refractivity (Wildman–Crippen MR) is 113 cm³/mol. The zero-order valence-electron chi connectivity index (χ0n) is 18.7. The summed E-state index contributed by atoms with van der Waals surface area (Å²) in [5, 5.41) is 9.48. The minimum Gasteiger partial charge on any atom is -0.469 e. The molecule has 8 heteroatoms. The second-order valence-electron chi connectivity index (χ2n) is 7.77. The molecule has 0 aliphatic carbocycles. The van der Waals surface area contributed by atoms with Crippen LogP contribution in [-0.2, 0) is 14.3 Å². The van der Waals surface area contributed by atoms with Crippen molar-refractivity contribution in [2.75, 3.05) is 26.7 Å². The minimum absolute atomic E-state index is 0.190. The zero-order valence-corrected chi connectivity index (χ0v) is 18.7. The number of unbranched alkanes of at least 4 members (excludes halogenated alkanes) is 1. The van der Waals surface area contributed by atoms with Crippen LogP contribution in [-0.4, -0.2) is 55.9 Å². The highest BCUT2D eigenvalue weighted by Crippen LogP contribution is 2.17. The Morgan fingerprint density at radius 1 is 1.00 bits per heavy atom. The van der Waals surface area contributed by atoms with Crippen LogP contribution in [0.4, 0.5) is 4.79 Å². The van der Waals surface area contributed by atoms with Crippen molar-refractivity contribution in [3.63, 3.8) is 0 Å². The number of amides is 1. The number of esters is 1.